The van der Waals surface area contributed by atoms with Gasteiger partial charge < -0.3 is 15.5 Å². The molecule has 0 spiro atoms. The molecule has 1 amide bonds. The number of carbonyl (C=O) groups excluding carboxylic acids is 1. The number of hydrogen-bond acceptors (Lipinski definition) is 2. The van der Waals surface area contributed by atoms with E-state index in [-0.39, 0.29) is 5.91 Å². The van der Waals surface area contributed by atoms with Gasteiger partial charge in [0.1, 0.15) is 0 Å². The van der Waals surface area contributed by atoms with E-state index in [1.165, 1.54) is 11.1 Å². The molecule has 5 heteroatoms. The van der Waals surface area contributed by atoms with Crippen LogP contribution in [0.1, 0.15) is 27.9 Å². The van der Waals surface area contributed by atoms with E-state index in [0.29, 0.717) is 12.1 Å². The van der Waals surface area contributed by atoms with E-state index in [2.05, 4.69) is 51.7 Å². The Hall–Kier alpha value is -2.82. The first-order valence-electron chi connectivity index (χ1n) is 8.91. The Morgan fingerprint density at radius 1 is 1.00 bits per heavy atom. The normalized spacial score (nSPS) is 11.1. The molecule has 0 aliphatic heterocycles. The second kappa shape index (κ2) is 10.2. The van der Waals surface area contributed by atoms with Gasteiger partial charge in [-0.2, -0.15) is 0 Å². The van der Waals surface area contributed by atoms with Crippen molar-refractivity contribution in [2.75, 3.05) is 27.2 Å². The molecule has 0 fully saturated rings. The third-order valence-corrected chi connectivity index (χ3v) is 4.20. The first-order valence-corrected chi connectivity index (χ1v) is 8.91. The van der Waals surface area contributed by atoms with Crippen molar-refractivity contribution in [2.45, 2.75) is 19.9 Å². The summed E-state index contributed by atoms with van der Waals surface area (Å²) < 4.78 is 0. The SMILES string of the molecule is CN=C(NCCCNC(=O)c1ccccc1)N(C)Cc1ccccc1C. The van der Waals surface area contributed by atoms with Crippen molar-refractivity contribution in [1.29, 1.82) is 0 Å². The second-order valence-corrected chi connectivity index (χ2v) is 6.23. The van der Waals surface area contributed by atoms with Gasteiger partial charge in [0.15, 0.2) is 5.96 Å². The molecule has 2 N–H and O–H groups in total. The van der Waals surface area contributed by atoms with E-state index in [1.807, 2.05) is 37.4 Å². The highest BCUT2D eigenvalue weighted by Gasteiger charge is 2.08. The Morgan fingerprint density at radius 2 is 1.65 bits per heavy atom. The van der Waals surface area contributed by atoms with Crippen molar-refractivity contribution in [3.63, 3.8) is 0 Å². The minimum Gasteiger partial charge on any atom is -0.356 e. The minimum absolute atomic E-state index is 0.0355. The number of aryl methyl sites for hydroxylation is 1. The topological polar surface area (TPSA) is 56.7 Å². The highest BCUT2D eigenvalue weighted by atomic mass is 16.1. The molecule has 0 heterocycles. The Balaban J connectivity index is 1.72. The summed E-state index contributed by atoms with van der Waals surface area (Å²) in [6.07, 6.45) is 0.829. The molecular formula is C21H28N4O. The van der Waals surface area contributed by atoms with Gasteiger partial charge in [0.05, 0.1) is 0 Å². The molecule has 5 nitrogen and oxygen atoms in total. The third kappa shape index (κ3) is 5.92. The lowest BCUT2D eigenvalue weighted by Crippen LogP contribution is -2.39. The number of benzene rings is 2. The molecule has 138 valence electrons. The zero-order chi connectivity index (χ0) is 18.8. The van der Waals surface area contributed by atoms with Crippen LogP contribution in [-0.4, -0.2) is 44.0 Å². The zero-order valence-electron chi connectivity index (χ0n) is 15.8. The van der Waals surface area contributed by atoms with Gasteiger partial charge in [0, 0.05) is 39.3 Å². The number of carbonyl (C=O) groups is 1. The Morgan fingerprint density at radius 3 is 2.35 bits per heavy atom. The monoisotopic (exact) mass is 352 g/mol. The molecule has 2 rings (SSSR count). The van der Waals surface area contributed by atoms with Gasteiger partial charge in [-0.3, -0.25) is 9.79 Å². The summed E-state index contributed by atoms with van der Waals surface area (Å²) in [6, 6.07) is 17.6. The number of guanidine groups is 1. The summed E-state index contributed by atoms with van der Waals surface area (Å²) >= 11 is 0. The van der Waals surface area contributed by atoms with Crippen molar-refractivity contribution >= 4 is 11.9 Å². The van der Waals surface area contributed by atoms with Crippen LogP contribution in [0.5, 0.6) is 0 Å². The fourth-order valence-corrected chi connectivity index (χ4v) is 2.68. The fourth-order valence-electron chi connectivity index (χ4n) is 2.68. The summed E-state index contributed by atoms with van der Waals surface area (Å²) in [5.74, 6) is 0.814. The maximum atomic E-state index is 12.0. The molecule has 2 aromatic carbocycles. The van der Waals surface area contributed by atoms with Gasteiger partial charge in [-0.25, -0.2) is 0 Å². The van der Waals surface area contributed by atoms with Gasteiger partial charge in [-0.1, -0.05) is 42.5 Å². The van der Waals surface area contributed by atoms with Gasteiger partial charge >= 0.3 is 0 Å². The van der Waals surface area contributed by atoms with Crippen LogP contribution in [0.25, 0.3) is 0 Å². The minimum atomic E-state index is -0.0355. The standard InChI is InChI=1S/C21H28N4O/c1-17-10-7-8-13-19(17)16-25(3)21(22-2)24-15-9-14-23-20(26)18-11-5-4-6-12-18/h4-8,10-13H,9,14-16H2,1-3H3,(H,22,24)(H,23,26). The van der Waals surface area contributed by atoms with Crippen LogP contribution in [-0.2, 0) is 6.54 Å². The first kappa shape index (κ1) is 19.5. The van der Waals surface area contributed by atoms with Gasteiger partial charge in [0.25, 0.3) is 5.91 Å². The lowest BCUT2D eigenvalue weighted by atomic mass is 10.1. The molecule has 0 bridgehead atoms. The lowest BCUT2D eigenvalue weighted by molar-refractivity contribution is 0.0953. The summed E-state index contributed by atoms with van der Waals surface area (Å²) in [7, 11) is 3.81. The molecule has 2 aromatic rings. The molecule has 0 saturated carbocycles. The molecule has 0 aromatic heterocycles. The van der Waals surface area contributed by atoms with Crippen LogP contribution < -0.4 is 10.6 Å². The Labute approximate surface area is 156 Å². The van der Waals surface area contributed by atoms with Crippen LogP contribution in [0.4, 0.5) is 0 Å². The van der Waals surface area contributed by atoms with E-state index in [4.69, 9.17) is 0 Å². The molecular weight excluding hydrogens is 324 g/mol. The highest BCUT2D eigenvalue weighted by molar-refractivity contribution is 5.94. The predicted octanol–water partition coefficient (Wildman–Crippen LogP) is 2.82. The van der Waals surface area contributed by atoms with Crippen molar-refractivity contribution in [2.24, 2.45) is 4.99 Å². The number of rotatable bonds is 7. The molecule has 0 atom stereocenters. The number of aliphatic imine (C=N–C) groups is 1. The zero-order valence-corrected chi connectivity index (χ0v) is 15.8. The van der Waals surface area contributed by atoms with Gasteiger partial charge in [-0.05, 0) is 36.6 Å². The molecule has 0 radical (unpaired) electrons. The Bertz CT molecular complexity index is 728. The number of nitrogens with zero attached hydrogens (tertiary/aromatic N) is 2. The summed E-state index contributed by atoms with van der Waals surface area (Å²) in [6.45, 7) is 4.30. The molecule has 26 heavy (non-hydrogen) atoms. The highest BCUT2D eigenvalue weighted by Crippen LogP contribution is 2.09. The van der Waals surface area contributed by atoms with Gasteiger partial charge in [-0.15, -0.1) is 0 Å². The lowest BCUT2D eigenvalue weighted by Gasteiger charge is -2.23. The summed E-state index contributed by atoms with van der Waals surface area (Å²) in [5, 5.41) is 6.28. The maximum absolute atomic E-state index is 12.0. The number of nitrogens with one attached hydrogen (secondary N) is 2. The van der Waals surface area contributed by atoms with Crippen molar-refractivity contribution < 1.29 is 4.79 Å². The van der Waals surface area contributed by atoms with Gasteiger partial charge in [0.2, 0.25) is 0 Å². The van der Waals surface area contributed by atoms with Crippen LogP contribution in [0.2, 0.25) is 0 Å². The predicted molar refractivity (Wildman–Crippen MR) is 107 cm³/mol. The van der Waals surface area contributed by atoms with E-state index in [9.17, 15) is 4.79 Å². The molecule has 0 aliphatic carbocycles. The largest absolute Gasteiger partial charge is 0.356 e. The molecule has 0 saturated heterocycles. The van der Waals surface area contributed by atoms with Crippen LogP contribution in [0.3, 0.4) is 0 Å². The average molecular weight is 352 g/mol. The van der Waals surface area contributed by atoms with E-state index in [0.717, 1.165) is 25.5 Å². The quantitative estimate of drug-likeness (QED) is 0.458. The van der Waals surface area contributed by atoms with Crippen molar-refractivity contribution in [3.05, 3.63) is 71.3 Å². The molecule has 0 aliphatic rings. The number of amides is 1. The van der Waals surface area contributed by atoms with Crippen LogP contribution >= 0.6 is 0 Å². The van der Waals surface area contributed by atoms with E-state index >= 15 is 0 Å². The number of hydrogen-bond donors (Lipinski definition) is 2. The van der Waals surface area contributed by atoms with E-state index in [1.54, 1.807) is 7.05 Å². The summed E-state index contributed by atoms with van der Waals surface area (Å²) in [5.41, 5.74) is 3.25. The smallest absolute Gasteiger partial charge is 0.251 e. The van der Waals surface area contributed by atoms with Crippen molar-refractivity contribution in [1.82, 2.24) is 15.5 Å². The average Bonchev–Trinajstić information content (AvgIpc) is 2.67. The van der Waals surface area contributed by atoms with E-state index < -0.39 is 0 Å². The molecule has 0 unspecified atom stereocenters. The maximum Gasteiger partial charge on any atom is 0.251 e. The first-order chi connectivity index (χ1) is 12.6. The van der Waals surface area contributed by atoms with Crippen LogP contribution in [0, 0.1) is 6.92 Å². The van der Waals surface area contributed by atoms with Crippen molar-refractivity contribution in [3.8, 4) is 0 Å². The summed E-state index contributed by atoms with van der Waals surface area (Å²) in [4.78, 5) is 18.4. The second-order valence-electron chi connectivity index (χ2n) is 6.23. The van der Waals surface area contributed by atoms with Crippen LogP contribution in [0.15, 0.2) is 59.6 Å². The Kier molecular flexibility index (Phi) is 7.68. The third-order valence-electron chi connectivity index (χ3n) is 4.20. The fraction of sp³-hybridized carbons (Fsp3) is 0.333.